The maximum absolute atomic E-state index is 9.88. The zero-order chi connectivity index (χ0) is 22.6. The van der Waals surface area contributed by atoms with Crippen LogP contribution in [0.1, 0.15) is 157 Å². The molecule has 0 saturated heterocycles. The van der Waals surface area contributed by atoms with E-state index in [1.807, 2.05) is 0 Å². The van der Waals surface area contributed by atoms with Crippen molar-refractivity contribution >= 4 is 0 Å². The predicted molar refractivity (Wildman–Crippen MR) is 137 cm³/mol. The van der Waals surface area contributed by atoms with Crippen molar-refractivity contribution in [2.24, 2.45) is 17.8 Å². The van der Waals surface area contributed by atoms with Gasteiger partial charge in [0.1, 0.15) is 5.82 Å². The summed E-state index contributed by atoms with van der Waals surface area (Å²) < 4.78 is 2.77. The number of rotatable bonds is 6. The Kier molecular flexibility index (Phi) is 8.16. The monoisotopic (exact) mass is 454 g/mol. The minimum atomic E-state index is 0.398. The van der Waals surface area contributed by atoms with Gasteiger partial charge in [0.05, 0.1) is 5.69 Å². The average Bonchev–Trinajstić information content (AvgIpc) is 3.29. The summed E-state index contributed by atoms with van der Waals surface area (Å²) >= 11 is 0. The van der Waals surface area contributed by atoms with Crippen molar-refractivity contribution in [2.45, 2.75) is 147 Å². The minimum Gasteiger partial charge on any atom is -0.396 e. The third kappa shape index (κ3) is 5.09. The maximum atomic E-state index is 9.88. The summed E-state index contributed by atoms with van der Waals surface area (Å²) in [6, 6.07) is 0. The standard InChI is InChI=1S/C30H50N2O/c1-2-32-29(24-15-7-4-8-16-24)28(23-13-5-3-6-14-23)31-30(32)27-19-10-9-18-26(27)25-17-11-12-22(20-25)21-33/h22-27,33H,2-21H2,1H3. The Morgan fingerprint density at radius 2 is 1.42 bits per heavy atom. The summed E-state index contributed by atoms with van der Waals surface area (Å²) in [7, 11) is 0. The Bertz CT molecular complexity index is 743. The van der Waals surface area contributed by atoms with E-state index in [4.69, 9.17) is 4.98 Å². The third-order valence-corrected chi connectivity index (χ3v) is 10.2. The number of aliphatic hydroxyl groups is 1. The van der Waals surface area contributed by atoms with Crippen molar-refractivity contribution in [3.05, 3.63) is 17.2 Å². The number of nitrogens with zero attached hydrogens (tertiary/aromatic N) is 2. The van der Waals surface area contributed by atoms with Crippen LogP contribution in [0.5, 0.6) is 0 Å². The van der Waals surface area contributed by atoms with Crippen LogP contribution < -0.4 is 0 Å². The fourth-order valence-electron chi connectivity index (χ4n) is 8.53. The quantitative estimate of drug-likeness (QED) is 0.472. The van der Waals surface area contributed by atoms with E-state index in [9.17, 15) is 5.11 Å². The minimum absolute atomic E-state index is 0.398. The Balaban J connectivity index is 1.50. The first kappa shape index (κ1) is 23.9. The van der Waals surface area contributed by atoms with Gasteiger partial charge in [-0.25, -0.2) is 4.98 Å². The lowest BCUT2D eigenvalue weighted by molar-refractivity contribution is 0.102. The summed E-state index contributed by atoms with van der Waals surface area (Å²) in [5.41, 5.74) is 3.25. The van der Waals surface area contributed by atoms with E-state index in [1.54, 1.807) is 11.4 Å². The normalized spacial score (nSPS) is 32.8. The second-order valence-electron chi connectivity index (χ2n) is 12.2. The highest BCUT2D eigenvalue weighted by atomic mass is 16.3. The first-order valence-electron chi connectivity index (χ1n) is 15.0. The molecule has 4 aliphatic rings. The fraction of sp³-hybridized carbons (Fsp3) is 0.900. The predicted octanol–water partition coefficient (Wildman–Crippen LogP) is 8.07. The van der Waals surface area contributed by atoms with Gasteiger partial charge in [-0.3, -0.25) is 0 Å². The van der Waals surface area contributed by atoms with Crippen LogP contribution in [0.2, 0.25) is 0 Å². The van der Waals surface area contributed by atoms with E-state index in [1.165, 1.54) is 121 Å². The molecule has 1 aromatic rings. The molecule has 33 heavy (non-hydrogen) atoms. The average molecular weight is 455 g/mol. The van der Waals surface area contributed by atoms with Gasteiger partial charge < -0.3 is 9.67 Å². The van der Waals surface area contributed by atoms with E-state index >= 15 is 0 Å². The third-order valence-electron chi connectivity index (χ3n) is 10.2. The first-order valence-corrected chi connectivity index (χ1v) is 15.0. The van der Waals surface area contributed by atoms with Crippen molar-refractivity contribution in [3.8, 4) is 0 Å². The zero-order valence-electron chi connectivity index (χ0n) is 21.4. The Labute approximate surface area is 203 Å². The first-order chi connectivity index (χ1) is 16.3. The van der Waals surface area contributed by atoms with E-state index in [-0.39, 0.29) is 0 Å². The SMILES string of the molecule is CCn1c(C2CCCCC2C2CCCC(CO)C2)nc(C2CCCCC2)c1C1CCCCC1. The molecule has 0 amide bonds. The van der Waals surface area contributed by atoms with Gasteiger partial charge in [-0.15, -0.1) is 0 Å². The molecular formula is C30H50N2O. The summed E-state index contributed by atoms with van der Waals surface area (Å²) in [6.07, 6.45) is 24.7. The summed E-state index contributed by atoms with van der Waals surface area (Å²) in [6.45, 7) is 3.89. The number of hydrogen-bond donors (Lipinski definition) is 1. The summed E-state index contributed by atoms with van der Waals surface area (Å²) in [5.74, 6) is 5.77. The molecular weight excluding hydrogens is 404 g/mol. The largest absolute Gasteiger partial charge is 0.396 e. The highest BCUT2D eigenvalue weighted by Gasteiger charge is 2.39. The number of hydrogen-bond acceptors (Lipinski definition) is 2. The molecule has 0 spiro atoms. The van der Waals surface area contributed by atoms with Crippen LogP contribution in [0.3, 0.4) is 0 Å². The molecule has 1 aromatic heterocycles. The smallest absolute Gasteiger partial charge is 0.112 e. The number of aromatic nitrogens is 2. The fourth-order valence-corrected chi connectivity index (χ4v) is 8.53. The van der Waals surface area contributed by atoms with Crippen molar-refractivity contribution in [1.29, 1.82) is 0 Å². The van der Waals surface area contributed by atoms with E-state index < -0.39 is 0 Å². The highest BCUT2D eigenvalue weighted by Crippen LogP contribution is 2.49. The van der Waals surface area contributed by atoms with Gasteiger partial charge in [-0.1, -0.05) is 64.2 Å². The maximum Gasteiger partial charge on any atom is 0.112 e. The molecule has 5 rings (SSSR count). The molecule has 3 nitrogen and oxygen atoms in total. The van der Waals surface area contributed by atoms with Gasteiger partial charge >= 0.3 is 0 Å². The zero-order valence-corrected chi connectivity index (χ0v) is 21.4. The van der Waals surface area contributed by atoms with E-state index in [2.05, 4.69) is 11.5 Å². The molecule has 4 aliphatic carbocycles. The molecule has 3 heteroatoms. The van der Waals surface area contributed by atoms with Crippen LogP contribution in [0.4, 0.5) is 0 Å². The van der Waals surface area contributed by atoms with E-state index in [0.717, 1.165) is 30.2 Å². The van der Waals surface area contributed by atoms with Crippen molar-refractivity contribution in [2.75, 3.05) is 6.61 Å². The Morgan fingerprint density at radius 3 is 2.12 bits per heavy atom. The van der Waals surface area contributed by atoms with Crippen LogP contribution in [0.25, 0.3) is 0 Å². The molecule has 0 aliphatic heterocycles. The number of aliphatic hydroxyl groups excluding tert-OH is 1. The topological polar surface area (TPSA) is 38.0 Å². The molecule has 186 valence electrons. The molecule has 1 N–H and O–H groups in total. The summed E-state index contributed by atoms with van der Waals surface area (Å²) in [4.78, 5) is 5.70. The van der Waals surface area contributed by atoms with E-state index in [0.29, 0.717) is 18.4 Å². The lowest BCUT2D eigenvalue weighted by atomic mass is 9.66. The van der Waals surface area contributed by atoms with Crippen LogP contribution >= 0.6 is 0 Å². The highest BCUT2D eigenvalue weighted by molar-refractivity contribution is 5.28. The van der Waals surface area contributed by atoms with Gasteiger partial charge in [0.2, 0.25) is 0 Å². The van der Waals surface area contributed by atoms with Crippen LogP contribution in [0.15, 0.2) is 0 Å². The van der Waals surface area contributed by atoms with Crippen LogP contribution in [0, 0.1) is 17.8 Å². The Hall–Kier alpha value is -0.830. The lowest BCUT2D eigenvalue weighted by Crippen LogP contribution is -2.32. The lowest BCUT2D eigenvalue weighted by Gasteiger charge is -2.40. The van der Waals surface area contributed by atoms with Gasteiger partial charge in [0.15, 0.2) is 0 Å². The molecule has 4 unspecified atom stereocenters. The van der Waals surface area contributed by atoms with Crippen LogP contribution in [-0.2, 0) is 6.54 Å². The molecule has 4 saturated carbocycles. The molecule has 0 aromatic carbocycles. The van der Waals surface area contributed by atoms with Crippen molar-refractivity contribution in [3.63, 3.8) is 0 Å². The number of imidazole rings is 1. The Morgan fingerprint density at radius 1 is 0.758 bits per heavy atom. The molecule has 0 radical (unpaired) electrons. The van der Waals surface area contributed by atoms with Gasteiger partial charge in [0.25, 0.3) is 0 Å². The van der Waals surface area contributed by atoms with Gasteiger partial charge in [-0.05, 0) is 76.0 Å². The molecule has 0 bridgehead atoms. The van der Waals surface area contributed by atoms with Gasteiger partial charge in [0, 0.05) is 36.6 Å². The van der Waals surface area contributed by atoms with Crippen molar-refractivity contribution < 1.29 is 5.11 Å². The second-order valence-corrected chi connectivity index (χ2v) is 12.2. The van der Waals surface area contributed by atoms with Crippen molar-refractivity contribution in [1.82, 2.24) is 9.55 Å². The van der Waals surface area contributed by atoms with Crippen LogP contribution in [-0.4, -0.2) is 21.3 Å². The molecule has 4 fully saturated rings. The second kappa shape index (κ2) is 11.3. The van der Waals surface area contributed by atoms with Gasteiger partial charge in [-0.2, -0.15) is 0 Å². The summed E-state index contributed by atoms with van der Waals surface area (Å²) in [5, 5.41) is 9.88. The molecule has 1 heterocycles. The molecule has 4 atom stereocenters.